The minimum Gasteiger partial charge on any atom is -0.497 e. The maximum Gasteiger partial charge on any atom is 0.297 e. The highest BCUT2D eigenvalue weighted by atomic mass is 32.2. The van der Waals surface area contributed by atoms with Crippen molar-refractivity contribution in [1.82, 2.24) is 4.31 Å². The molecule has 0 spiro atoms. The third kappa shape index (κ3) is 6.15. The average molecular weight is 546 g/mol. The number of ether oxygens (including phenoxy) is 2. The highest BCUT2D eigenvalue weighted by molar-refractivity contribution is 7.91. The smallest absolute Gasteiger partial charge is 0.297 e. The second kappa shape index (κ2) is 10.8. The standard InChI is InChI=1S/C27H31NO7S2/c1-21-4-14-26(15-5-21)36(29,30)35-20-27(16-17-27)37(31,32)28(18-22-6-10-24(33-2)11-7-22)19-23-8-12-25(34-3)13-9-23/h4-15H,16-20H2,1-3H3. The average Bonchev–Trinajstić information content (AvgIpc) is 3.70. The van der Waals surface area contributed by atoms with Crippen LogP contribution < -0.4 is 9.47 Å². The molecule has 0 amide bonds. The van der Waals surface area contributed by atoms with E-state index >= 15 is 0 Å². The molecule has 1 fully saturated rings. The van der Waals surface area contributed by atoms with Gasteiger partial charge < -0.3 is 9.47 Å². The number of hydrogen-bond donors (Lipinski definition) is 0. The second-order valence-electron chi connectivity index (χ2n) is 9.18. The van der Waals surface area contributed by atoms with Crippen LogP contribution in [0.4, 0.5) is 0 Å². The molecule has 3 aromatic carbocycles. The Morgan fingerprint density at radius 2 is 1.19 bits per heavy atom. The molecule has 4 rings (SSSR count). The van der Waals surface area contributed by atoms with Crippen LogP contribution in [0.2, 0.25) is 0 Å². The highest BCUT2D eigenvalue weighted by Gasteiger charge is 2.58. The summed E-state index contributed by atoms with van der Waals surface area (Å²) in [6, 6.07) is 20.6. The van der Waals surface area contributed by atoms with Crippen LogP contribution >= 0.6 is 0 Å². The van der Waals surface area contributed by atoms with Gasteiger partial charge in [0.15, 0.2) is 0 Å². The van der Waals surface area contributed by atoms with Gasteiger partial charge in [0.05, 0.1) is 25.7 Å². The minimum absolute atomic E-state index is 0.000352. The lowest BCUT2D eigenvalue weighted by Crippen LogP contribution is -2.42. The fraction of sp³-hybridized carbons (Fsp3) is 0.333. The van der Waals surface area contributed by atoms with Crippen molar-refractivity contribution >= 4 is 20.1 Å². The Hall–Kier alpha value is -2.92. The van der Waals surface area contributed by atoms with E-state index in [-0.39, 0.29) is 18.0 Å². The lowest BCUT2D eigenvalue weighted by atomic mass is 10.2. The zero-order valence-corrected chi connectivity index (χ0v) is 22.7. The molecule has 0 bridgehead atoms. The number of aryl methyl sites for hydroxylation is 1. The molecule has 8 nitrogen and oxygen atoms in total. The van der Waals surface area contributed by atoms with E-state index in [1.165, 1.54) is 16.4 Å². The van der Waals surface area contributed by atoms with Crippen molar-refractivity contribution in [2.45, 2.75) is 42.5 Å². The fourth-order valence-corrected chi connectivity index (χ4v) is 7.02. The van der Waals surface area contributed by atoms with Crippen molar-refractivity contribution in [2.24, 2.45) is 0 Å². The first-order chi connectivity index (χ1) is 17.6. The third-order valence-corrected chi connectivity index (χ3v) is 10.4. The van der Waals surface area contributed by atoms with E-state index < -0.39 is 31.5 Å². The van der Waals surface area contributed by atoms with Crippen LogP contribution in [0.1, 0.15) is 29.5 Å². The van der Waals surface area contributed by atoms with Crippen LogP contribution in [0.15, 0.2) is 77.7 Å². The summed E-state index contributed by atoms with van der Waals surface area (Å²) < 4.78 is 69.3. The molecule has 198 valence electrons. The Bertz CT molecular complexity index is 1360. The van der Waals surface area contributed by atoms with Crippen molar-refractivity contribution in [2.75, 3.05) is 20.8 Å². The molecule has 0 aliphatic heterocycles. The van der Waals surface area contributed by atoms with Gasteiger partial charge in [0.1, 0.15) is 16.2 Å². The topological polar surface area (TPSA) is 99.2 Å². The zero-order chi connectivity index (χ0) is 26.7. The Morgan fingerprint density at radius 1 is 0.730 bits per heavy atom. The van der Waals surface area contributed by atoms with Gasteiger partial charge in [-0.3, -0.25) is 4.18 Å². The van der Waals surface area contributed by atoms with Gasteiger partial charge in [-0.1, -0.05) is 42.0 Å². The van der Waals surface area contributed by atoms with Gasteiger partial charge in [0, 0.05) is 13.1 Å². The molecular weight excluding hydrogens is 514 g/mol. The summed E-state index contributed by atoms with van der Waals surface area (Å²) in [6.07, 6.45) is 0.640. The predicted octanol–water partition coefficient (Wildman–Crippen LogP) is 4.28. The minimum atomic E-state index is -4.10. The summed E-state index contributed by atoms with van der Waals surface area (Å²) in [5, 5.41) is 0. The Balaban J connectivity index is 1.58. The summed E-state index contributed by atoms with van der Waals surface area (Å²) >= 11 is 0. The molecule has 3 aromatic rings. The lowest BCUT2D eigenvalue weighted by molar-refractivity contribution is 0.297. The second-order valence-corrected chi connectivity index (χ2v) is 13.1. The van der Waals surface area contributed by atoms with Gasteiger partial charge in [-0.05, 0) is 67.3 Å². The van der Waals surface area contributed by atoms with E-state index in [1.807, 2.05) is 31.2 Å². The van der Waals surface area contributed by atoms with Crippen LogP contribution in [0, 0.1) is 6.92 Å². The Morgan fingerprint density at radius 3 is 1.59 bits per heavy atom. The molecule has 0 aromatic heterocycles. The van der Waals surface area contributed by atoms with Crippen LogP contribution in [-0.2, 0) is 37.4 Å². The molecular formula is C27H31NO7S2. The van der Waals surface area contributed by atoms with Crippen LogP contribution in [-0.4, -0.2) is 46.7 Å². The first-order valence-corrected chi connectivity index (χ1v) is 14.7. The van der Waals surface area contributed by atoms with Gasteiger partial charge in [-0.15, -0.1) is 0 Å². The maximum atomic E-state index is 14.0. The van der Waals surface area contributed by atoms with Gasteiger partial charge in [-0.2, -0.15) is 12.7 Å². The molecule has 0 saturated heterocycles. The zero-order valence-electron chi connectivity index (χ0n) is 21.1. The van der Waals surface area contributed by atoms with Crippen molar-refractivity contribution in [3.8, 4) is 11.5 Å². The summed E-state index contributed by atoms with van der Waals surface area (Å²) in [5.74, 6) is 1.34. The van der Waals surface area contributed by atoms with Gasteiger partial charge >= 0.3 is 0 Å². The quantitative estimate of drug-likeness (QED) is 0.313. The van der Waals surface area contributed by atoms with Crippen molar-refractivity contribution in [3.63, 3.8) is 0 Å². The van der Waals surface area contributed by atoms with E-state index in [0.29, 0.717) is 24.3 Å². The monoisotopic (exact) mass is 545 g/mol. The van der Waals surface area contributed by atoms with Crippen LogP contribution in [0.5, 0.6) is 11.5 Å². The number of sulfonamides is 1. The maximum absolute atomic E-state index is 14.0. The SMILES string of the molecule is COc1ccc(CN(Cc2ccc(OC)cc2)S(=O)(=O)C2(COS(=O)(=O)c3ccc(C)cc3)CC2)cc1. The summed E-state index contributed by atoms with van der Waals surface area (Å²) in [6.45, 7) is 1.64. The van der Waals surface area contributed by atoms with E-state index in [9.17, 15) is 16.8 Å². The molecule has 0 N–H and O–H groups in total. The molecule has 10 heteroatoms. The number of methoxy groups -OCH3 is 2. The van der Waals surface area contributed by atoms with Gasteiger partial charge in [-0.25, -0.2) is 8.42 Å². The van der Waals surface area contributed by atoms with Gasteiger partial charge in [0.25, 0.3) is 10.1 Å². The first-order valence-electron chi connectivity index (χ1n) is 11.8. The molecule has 0 unspecified atom stereocenters. The van der Waals surface area contributed by atoms with Crippen molar-refractivity contribution in [1.29, 1.82) is 0 Å². The Labute approximate surface area is 219 Å². The van der Waals surface area contributed by atoms with E-state index in [4.69, 9.17) is 13.7 Å². The number of nitrogens with zero attached hydrogens (tertiary/aromatic N) is 1. The fourth-order valence-electron chi connectivity index (χ4n) is 3.94. The molecule has 1 aliphatic carbocycles. The van der Waals surface area contributed by atoms with Crippen molar-refractivity contribution in [3.05, 3.63) is 89.5 Å². The number of hydrogen-bond acceptors (Lipinski definition) is 7. The van der Waals surface area contributed by atoms with E-state index in [1.54, 1.807) is 50.6 Å². The molecule has 1 aliphatic rings. The lowest BCUT2D eigenvalue weighted by Gasteiger charge is -2.28. The summed E-state index contributed by atoms with van der Waals surface area (Å²) in [7, 11) is -4.91. The summed E-state index contributed by atoms with van der Waals surface area (Å²) in [5.41, 5.74) is 2.47. The summed E-state index contributed by atoms with van der Waals surface area (Å²) in [4.78, 5) is -0.000352. The van der Waals surface area contributed by atoms with E-state index in [0.717, 1.165) is 16.7 Å². The molecule has 0 atom stereocenters. The van der Waals surface area contributed by atoms with E-state index in [2.05, 4.69) is 0 Å². The van der Waals surface area contributed by atoms with Gasteiger partial charge in [0.2, 0.25) is 10.0 Å². The van der Waals surface area contributed by atoms with Crippen molar-refractivity contribution < 1.29 is 30.5 Å². The molecule has 1 saturated carbocycles. The third-order valence-electron chi connectivity index (χ3n) is 6.52. The molecule has 37 heavy (non-hydrogen) atoms. The normalized spacial score (nSPS) is 14.9. The number of benzene rings is 3. The predicted molar refractivity (Wildman–Crippen MR) is 140 cm³/mol. The van der Waals surface area contributed by atoms with Crippen LogP contribution in [0.3, 0.4) is 0 Å². The number of rotatable bonds is 12. The Kier molecular flexibility index (Phi) is 7.94. The first kappa shape index (κ1) is 27.1. The van der Waals surface area contributed by atoms with Crippen LogP contribution in [0.25, 0.3) is 0 Å². The largest absolute Gasteiger partial charge is 0.497 e. The molecule has 0 heterocycles. The highest BCUT2D eigenvalue weighted by Crippen LogP contribution is 2.46. The molecule has 0 radical (unpaired) electrons.